The van der Waals surface area contributed by atoms with Gasteiger partial charge >= 0.3 is 0 Å². The van der Waals surface area contributed by atoms with Crippen LogP contribution in [0.15, 0.2) is 21.8 Å². The minimum atomic E-state index is -0.769. The van der Waals surface area contributed by atoms with E-state index in [0.717, 1.165) is 23.4 Å². The van der Waals surface area contributed by atoms with Crippen LogP contribution in [-0.2, 0) is 6.54 Å². The van der Waals surface area contributed by atoms with Gasteiger partial charge in [0.1, 0.15) is 0 Å². The number of carbonyl (C=O) groups is 1. The molecule has 2 heterocycles. The Morgan fingerprint density at radius 3 is 2.59 bits per heavy atom. The number of aromatic nitrogens is 1. The van der Waals surface area contributed by atoms with E-state index >= 15 is 0 Å². The van der Waals surface area contributed by atoms with Crippen molar-refractivity contribution in [2.24, 2.45) is 5.92 Å². The molecule has 0 saturated heterocycles. The van der Waals surface area contributed by atoms with Crippen LogP contribution in [0.1, 0.15) is 66.2 Å². The quantitative estimate of drug-likeness (QED) is 0.567. The Labute approximate surface area is 197 Å². The standard InChI is InChI=1S/C24H29ClN2O4S/c1-13-10-19(32-4)17(23(29)27-13)12-26-22(28)16-11-18(25)21-20(14(16)2)30-24(3,31-21)15-8-6-5-7-9-15/h10-11,15H,5-9,12H2,1-4H3,(H,26,28)(H,27,29)/t24-/m0/s1. The molecular weight excluding hydrogens is 448 g/mol. The fourth-order valence-electron chi connectivity index (χ4n) is 4.67. The molecule has 32 heavy (non-hydrogen) atoms. The van der Waals surface area contributed by atoms with Gasteiger partial charge in [0.05, 0.1) is 5.02 Å². The molecule has 2 aromatic rings. The van der Waals surface area contributed by atoms with Crippen molar-refractivity contribution in [1.82, 2.24) is 10.3 Å². The van der Waals surface area contributed by atoms with E-state index in [9.17, 15) is 9.59 Å². The molecule has 1 amide bonds. The van der Waals surface area contributed by atoms with Gasteiger partial charge in [0.25, 0.3) is 17.3 Å². The predicted molar refractivity (Wildman–Crippen MR) is 127 cm³/mol. The predicted octanol–water partition coefficient (Wildman–Crippen LogP) is 5.36. The van der Waals surface area contributed by atoms with Crippen LogP contribution in [0, 0.1) is 19.8 Å². The third-order valence-corrected chi connectivity index (χ3v) is 7.60. The van der Waals surface area contributed by atoms with Crippen LogP contribution in [0.5, 0.6) is 11.5 Å². The Bertz CT molecular complexity index is 1110. The van der Waals surface area contributed by atoms with Gasteiger partial charge in [0.15, 0.2) is 11.5 Å². The number of rotatable bonds is 5. The van der Waals surface area contributed by atoms with Gasteiger partial charge in [-0.15, -0.1) is 11.8 Å². The number of H-pyrrole nitrogens is 1. The topological polar surface area (TPSA) is 80.4 Å². The molecule has 1 aliphatic carbocycles. The SMILES string of the molecule is CSc1cc(C)[nH]c(=O)c1CNC(=O)c1cc(Cl)c2c(c1C)O[C@](C)(C1CCCCC1)O2. The fourth-order valence-corrected chi connectivity index (χ4v) is 5.61. The number of hydrogen-bond donors (Lipinski definition) is 2. The lowest BCUT2D eigenvalue weighted by atomic mass is 9.84. The third-order valence-electron chi connectivity index (χ3n) is 6.52. The van der Waals surface area contributed by atoms with E-state index in [4.69, 9.17) is 21.1 Å². The van der Waals surface area contributed by atoms with Gasteiger partial charge in [-0.05, 0) is 45.1 Å². The second-order valence-corrected chi connectivity index (χ2v) is 10.0. The van der Waals surface area contributed by atoms with Crippen molar-refractivity contribution < 1.29 is 14.3 Å². The average molecular weight is 477 g/mol. The van der Waals surface area contributed by atoms with Crippen LogP contribution in [0.3, 0.4) is 0 Å². The number of ether oxygens (including phenoxy) is 2. The molecule has 2 N–H and O–H groups in total. The number of halogens is 1. The van der Waals surface area contributed by atoms with E-state index in [-0.39, 0.29) is 23.9 Å². The highest BCUT2D eigenvalue weighted by Gasteiger charge is 2.46. The first-order valence-corrected chi connectivity index (χ1v) is 12.6. The first-order valence-electron chi connectivity index (χ1n) is 11.0. The van der Waals surface area contributed by atoms with Gasteiger partial charge in [0.2, 0.25) is 0 Å². The zero-order valence-corrected chi connectivity index (χ0v) is 20.5. The van der Waals surface area contributed by atoms with Crippen LogP contribution in [0.2, 0.25) is 5.02 Å². The lowest BCUT2D eigenvalue weighted by Gasteiger charge is -2.34. The lowest BCUT2D eigenvalue weighted by Crippen LogP contribution is -2.44. The Morgan fingerprint density at radius 2 is 1.91 bits per heavy atom. The highest BCUT2D eigenvalue weighted by molar-refractivity contribution is 7.98. The van der Waals surface area contributed by atoms with Gasteiger partial charge in [-0.25, -0.2) is 0 Å². The molecule has 8 heteroatoms. The maximum atomic E-state index is 13.0. The summed E-state index contributed by atoms with van der Waals surface area (Å²) in [6.45, 7) is 5.76. The summed E-state index contributed by atoms with van der Waals surface area (Å²) >= 11 is 8.00. The number of aromatic amines is 1. The van der Waals surface area contributed by atoms with Crippen molar-refractivity contribution >= 4 is 29.3 Å². The van der Waals surface area contributed by atoms with Gasteiger partial charge in [0, 0.05) is 46.7 Å². The number of carbonyl (C=O) groups excluding carboxylic acids is 1. The molecule has 1 aromatic carbocycles. The molecule has 2 aliphatic rings. The van der Waals surface area contributed by atoms with Crippen LogP contribution >= 0.6 is 23.4 Å². The summed E-state index contributed by atoms with van der Waals surface area (Å²) in [6.07, 6.45) is 7.59. The number of pyridine rings is 1. The molecular formula is C24H29ClN2O4S. The van der Waals surface area contributed by atoms with E-state index in [0.29, 0.717) is 33.2 Å². The van der Waals surface area contributed by atoms with E-state index < -0.39 is 5.79 Å². The van der Waals surface area contributed by atoms with E-state index in [2.05, 4.69) is 10.3 Å². The Kier molecular flexibility index (Phi) is 6.50. The van der Waals surface area contributed by atoms with Crippen molar-refractivity contribution in [3.05, 3.63) is 49.9 Å². The zero-order valence-electron chi connectivity index (χ0n) is 18.9. The number of aryl methyl sites for hydroxylation is 1. The minimum Gasteiger partial charge on any atom is -0.448 e. The van der Waals surface area contributed by atoms with Crippen molar-refractivity contribution in [2.75, 3.05) is 6.26 Å². The lowest BCUT2D eigenvalue weighted by molar-refractivity contribution is -0.119. The van der Waals surface area contributed by atoms with Crippen molar-refractivity contribution in [2.45, 2.75) is 70.1 Å². The van der Waals surface area contributed by atoms with Crippen LogP contribution in [0.25, 0.3) is 0 Å². The summed E-state index contributed by atoms with van der Waals surface area (Å²) in [5.74, 6) is 0.250. The van der Waals surface area contributed by atoms with Crippen LogP contribution in [-0.4, -0.2) is 22.9 Å². The van der Waals surface area contributed by atoms with Gasteiger partial charge in [-0.3, -0.25) is 9.59 Å². The summed E-state index contributed by atoms with van der Waals surface area (Å²) in [5, 5.41) is 3.22. The Morgan fingerprint density at radius 1 is 1.22 bits per heavy atom. The van der Waals surface area contributed by atoms with Gasteiger partial charge < -0.3 is 19.8 Å². The molecule has 1 aliphatic heterocycles. The highest BCUT2D eigenvalue weighted by atomic mass is 35.5. The molecule has 1 aromatic heterocycles. The molecule has 1 fully saturated rings. The molecule has 0 spiro atoms. The number of benzene rings is 1. The largest absolute Gasteiger partial charge is 0.448 e. The van der Waals surface area contributed by atoms with Gasteiger partial charge in [-0.2, -0.15) is 0 Å². The zero-order chi connectivity index (χ0) is 23.0. The normalized spacial score (nSPS) is 20.4. The maximum Gasteiger partial charge on any atom is 0.254 e. The van der Waals surface area contributed by atoms with E-state index in [1.165, 1.54) is 31.0 Å². The number of nitrogens with one attached hydrogen (secondary N) is 2. The van der Waals surface area contributed by atoms with Crippen molar-refractivity contribution in [3.8, 4) is 11.5 Å². The van der Waals surface area contributed by atoms with Crippen LogP contribution in [0.4, 0.5) is 0 Å². The fraction of sp³-hybridized carbons (Fsp3) is 0.500. The molecule has 0 bridgehead atoms. The van der Waals surface area contributed by atoms with Gasteiger partial charge in [-0.1, -0.05) is 30.9 Å². The Balaban J connectivity index is 1.57. The smallest absolute Gasteiger partial charge is 0.254 e. The molecule has 1 saturated carbocycles. The molecule has 4 rings (SSSR count). The first kappa shape index (κ1) is 23.1. The summed E-state index contributed by atoms with van der Waals surface area (Å²) in [4.78, 5) is 29.1. The monoisotopic (exact) mass is 476 g/mol. The number of amides is 1. The second kappa shape index (κ2) is 9.02. The maximum absolute atomic E-state index is 13.0. The van der Waals surface area contributed by atoms with E-state index in [1.54, 1.807) is 6.07 Å². The number of hydrogen-bond acceptors (Lipinski definition) is 5. The number of fused-ring (bicyclic) bond motifs is 1. The summed E-state index contributed by atoms with van der Waals surface area (Å²) < 4.78 is 12.6. The molecule has 0 unspecified atom stereocenters. The summed E-state index contributed by atoms with van der Waals surface area (Å²) in [5.41, 5.74) is 2.22. The van der Waals surface area contributed by atoms with E-state index in [1.807, 2.05) is 33.1 Å². The average Bonchev–Trinajstić information content (AvgIpc) is 3.15. The van der Waals surface area contributed by atoms with Crippen molar-refractivity contribution in [1.29, 1.82) is 0 Å². The Hall–Kier alpha value is -2.12. The molecule has 0 radical (unpaired) electrons. The summed E-state index contributed by atoms with van der Waals surface area (Å²) in [6, 6.07) is 3.53. The third kappa shape index (κ3) is 4.25. The van der Waals surface area contributed by atoms with Crippen molar-refractivity contribution in [3.63, 3.8) is 0 Å². The second-order valence-electron chi connectivity index (χ2n) is 8.76. The summed E-state index contributed by atoms with van der Waals surface area (Å²) in [7, 11) is 0. The molecule has 6 nitrogen and oxygen atoms in total. The molecule has 1 atom stereocenters. The number of thioether (sulfide) groups is 1. The molecule has 172 valence electrons. The van der Waals surface area contributed by atoms with Crippen LogP contribution < -0.4 is 20.3 Å². The highest BCUT2D eigenvalue weighted by Crippen LogP contribution is 2.51. The first-order chi connectivity index (χ1) is 15.2. The minimum absolute atomic E-state index is 0.121.